The van der Waals surface area contributed by atoms with Crippen LogP contribution in [0.5, 0.6) is 11.5 Å². The van der Waals surface area contributed by atoms with Crippen LogP contribution in [0.2, 0.25) is 0 Å². The number of rotatable bonds is 4. The maximum atomic E-state index is 13.8. The highest BCUT2D eigenvalue weighted by Crippen LogP contribution is 2.57. The van der Waals surface area contributed by atoms with Gasteiger partial charge in [0.05, 0.1) is 25.5 Å². The average Bonchev–Trinajstić information content (AvgIpc) is 3.50. The van der Waals surface area contributed by atoms with Gasteiger partial charge in [-0.1, -0.05) is 33.6 Å². The molecule has 2 aromatic rings. The number of ether oxygens (including phenoxy) is 1. The predicted molar refractivity (Wildman–Crippen MR) is 144 cm³/mol. The number of benzene rings is 1. The molecule has 0 unspecified atom stereocenters. The summed E-state index contributed by atoms with van der Waals surface area (Å²) < 4.78 is 6.02. The zero-order chi connectivity index (χ0) is 26.9. The first kappa shape index (κ1) is 25.0. The Morgan fingerprint density at radius 1 is 1.16 bits per heavy atom. The van der Waals surface area contributed by atoms with Gasteiger partial charge in [0.15, 0.2) is 23.1 Å². The lowest BCUT2D eigenvalue weighted by Crippen LogP contribution is -2.39. The molecule has 1 aromatic carbocycles. The zero-order valence-corrected chi connectivity index (χ0v) is 23.1. The van der Waals surface area contributed by atoms with Crippen molar-refractivity contribution in [3.63, 3.8) is 0 Å². The first-order chi connectivity index (χ1) is 18.2. The number of phenolic OH excluding ortho intramolecular Hbond substituents is 1. The number of hydrogen-bond acceptors (Lipinski definition) is 7. The largest absolute Gasteiger partial charge is 0.504 e. The number of methoxy groups -OCH3 is 1. The molecule has 0 radical (unpaired) electrons. The van der Waals surface area contributed by atoms with E-state index in [1.54, 1.807) is 19.1 Å². The van der Waals surface area contributed by atoms with Crippen molar-refractivity contribution in [3.8, 4) is 11.5 Å². The summed E-state index contributed by atoms with van der Waals surface area (Å²) in [4.78, 5) is 56.2. The molecule has 0 spiro atoms. The molecule has 4 aliphatic rings. The molecule has 38 heavy (non-hydrogen) atoms. The van der Waals surface area contributed by atoms with Gasteiger partial charge in [0, 0.05) is 37.6 Å². The first-order valence-corrected chi connectivity index (χ1v) is 14.0. The summed E-state index contributed by atoms with van der Waals surface area (Å²) in [7, 11) is 1.44. The summed E-state index contributed by atoms with van der Waals surface area (Å²) in [6, 6.07) is 7.13. The van der Waals surface area contributed by atoms with Gasteiger partial charge in [0.1, 0.15) is 0 Å². The molecular weight excluding hydrogens is 570 g/mol. The standard InChI is InChI=1S/C29H24BrNO6S/c1-13-8-21(32)19-11-18-16(23(25(19)26(13)33)20-9-14(30)10-22(37-2)27(20)34)5-6-17-24(18)29(36)31(28(17)35)12-15-4-3-7-38-15/h3-5,7-10,17-18,23-24,34H,6,11-12H2,1-2H3/t17-,18+,23+,24-/m0/s1. The second kappa shape index (κ2) is 9.17. The number of carbonyl (C=O) groups is 4. The van der Waals surface area contributed by atoms with E-state index in [-0.39, 0.29) is 47.8 Å². The van der Waals surface area contributed by atoms with Crippen LogP contribution in [-0.4, -0.2) is 40.5 Å². The Bertz CT molecular complexity index is 1520. The lowest BCUT2D eigenvalue weighted by molar-refractivity contribution is -0.140. The number of ketones is 2. The molecule has 6 rings (SSSR count). The molecule has 194 valence electrons. The fourth-order valence-electron chi connectivity index (χ4n) is 6.47. The fourth-order valence-corrected chi connectivity index (χ4v) is 7.61. The molecule has 1 fully saturated rings. The van der Waals surface area contributed by atoms with Crippen molar-refractivity contribution in [3.05, 3.63) is 79.0 Å². The number of allylic oxidation sites excluding steroid dienone is 6. The highest BCUT2D eigenvalue weighted by atomic mass is 79.9. The van der Waals surface area contributed by atoms with Crippen LogP contribution in [0.1, 0.15) is 36.1 Å². The second-order valence-electron chi connectivity index (χ2n) is 10.1. The quantitative estimate of drug-likeness (QED) is 0.309. The number of phenols is 1. The van der Waals surface area contributed by atoms with E-state index < -0.39 is 23.7 Å². The van der Waals surface area contributed by atoms with Crippen molar-refractivity contribution in [1.82, 2.24) is 4.90 Å². The molecule has 2 amide bonds. The van der Waals surface area contributed by atoms with Crippen LogP contribution in [0.25, 0.3) is 0 Å². The molecule has 0 saturated carbocycles. The third-order valence-corrected chi connectivity index (χ3v) is 9.47. The highest BCUT2D eigenvalue weighted by molar-refractivity contribution is 9.10. The SMILES string of the molecule is COc1cc(Br)cc([C@H]2C3=CC[C@@H]4C(=O)N(Cc5cccs5)C(=O)[C@@H]4[C@@H]3CC3=C2C(=O)C(C)=CC3=O)c1O. The molecule has 1 aromatic heterocycles. The molecule has 2 heterocycles. The average molecular weight is 594 g/mol. The molecule has 1 saturated heterocycles. The van der Waals surface area contributed by atoms with Crippen LogP contribution in [0.15, 0.2) is 68.6 Å². The normalized spacial score (nSPS) is 26.7. The van der Waals surface area contributed by atoms with E-state index in [1.807, 2.05) is 23.6 Å². The minimum absolute atomic E-state index is 0.128. The Morgan fingerprint density at radius 3 is 2.66 bits per heavy atom. The van der Waals surface area contributed by atoms with E-state index in [0.717, 1.165) is 10.5 Å². The molecule has 1 aliphatic heterocycles. The van der Waals surface area contributed by atoms with Gasteiger partial charge >= 0.3 is 0 Å². The van der Waals surface area contributed by atoms with Gasteiger partial charge in [-0.05, 0) is 55.3 Å². The number of Topliss-reactive ketones (excluding diaryl/α,β-unsaturated/α-hetero) is 1. The van der Waals surface area contributed by atoms with Crippen LogP contribution in [0, 0.1) is 17.8 Å². The predicted octanol–water partition coefficient (Wildman–Crippen LogP) is 4.85. The summed E-state index contributed by atoms with van der Waals surface area (Å²) >= 11 is 4.96. The molecule has 4 atom stereocenters. The van der Waals surface area contributed by atoms with E-state index in [4.69, 9.17) is 4.74 Å². The highest BCUT2D eigenvalue weighted by Gasteiger charge is 2.56. The summed E-state index contributed by atoms with van der Waals surface area (Å²) in [5, 5.41) is 13.1. The van der Waals surface area contributed by atoms with Crippen molar-refractivity contribution < 1.29 is 29.0 Å². The number of thiophene rings is 1. The summed E-state index contributed by atoms with van der Waals surface area (Å²) in [5.74, 6) is -3.21. The monoisotopic (exact) mass is 593 g/mol. The third kappa shape index (κ3) is 3.66. The number of amides is 2. The van der Waals surface area contributed by atoms with Gasteiger partial charge in [0.25, 0.3) is 0 Å². The van der Waals surface area contributed by atoms with E-state index in [9.17, 15) is 24.3 Å². The van der Waals surface area contributed by atoms with Crippen LogP contribution in [0.4, 0.5) is 0 Å². The van der Waals surface area contributed by atoms with E-state index >= 15 is 0 Å². The van der Waals surface area contributed by atoms with E-state index in [2.05, 4.69) is 15.9 Å². The fraction of sp³-hybridized carbons (Fsp3) is 0.310. The third-order valence-electron chi connectivity index (χ3n) is 8.15. The van der Waals surface area contributed by atoms with Crippen molar-refractivity contribution in [2.45, 2.75) is 32.2 Å². The van der Waals surface area contributed by atoms with Gasteiger partial charge in [-0.25, -0.2) is 0 Å². The summed E-state index contributed by atoms with van der Waals surface area (Å²) in [6.07, 6.45) is 3.84. The number of aromatic hydroxyl groups is 1. The lowest BCUT2D eigenvalue weighted by Gasteiger charge is -2.42. The topological polar surface area (TPSA) is 101 Å². The number of nitrogens with zero attached hydrogens (tertiary/aromatic N) is 1. The number of hydrogen-bond donors (Lipinski definition) is 1. The Hall–Kier alpha value is -3.30. The molecule has 7 nitrogen and oxygen atoms in total. The molecule has 9 heteroatoms. The molecule has 0 bridgehead atoms. The van der Waals surface area contributed by atoms with E-state index in [1.165, 1.54) is 29.4 Å². The Labute approximate surface area is 231 Å². The Balaban J connectivity index is 1.50. The summed E-state index contributed by atoms with van der Waals surface area (Å²) in [5.41, 5.74) is 2.22. The van der Waals surface area contributed by atoms with Crippen molar-refractivity contribution in [1.29, 1.82) is 0 Å². The second-order valence-corrected chi connectivity index (χ2v) is 12.1. The van der Waals surface area contributed by atoms with Gasteiger partial charge in [-0.3, -0.25) is 24.1 Å². The van der Waals surface area contributed by atoms with Gasteiger partial charge in [0.2, 0.25) is 11.8 Å². The number of fused-ring (bicyclic) bond motifs is 3. The van der Waals surface area contributed by atoms with Crippen LogP contribution >= 0.6 is 27.3 Å². The molecule has 3 aliphatic carbocycles. The van der Waals surface area contributed by atoms with Crippen molar-refractivity contribution >= 4 is 50.6 Å². The van der Waals surface area contributed by atoms with Crippen LogP contribution < -0.4 is 4.74 Å². The number of carbonyl (C=O) groups excluding carboxylic acids is 4. The zero-order valence-electron chi connectivity index (χ0n) is 20.7. The minimum Gasteiger partial charge on any atom is -0.504 e. The maximum absolute atomic E-state index is 13.8. The maximum Gasteiger partial charge on any atom is 0.234 e. The van der Waals surface area contributed by atoms with Gasteiger partial charge < -0.3 is 9.84 Å². The van der Waals surface area contributed by atoms with E-state index in [0.29, 0.717) is 33.2 Å². The lowest BCUT2D eigenvalue weighted by atomic mass is 9.59. The number of halogens is 1. The first-order valence-electron chi connectivity index (χ1n) is 12.4. The Kier molecular flexibility index (Phi) is 6.03. The smallest absolute Gasteiger partial charge is 0.234 e. The molecule has 1 N–H and O–H groups in total. The van der Waals surface area contributed by atoms with Gasteiger partial charge in [-0.15, -0.1) is 11.3 Å². The Morgan fingerprint density at radius 2 is 1.95 bits per heavy atom. The minimum atomic E-state index is -0.745. The van der Waals surface area contributed by atoms with Crippen molar-refractivity contribution in [2.75, 3.05) is 7.11 Å². The number of likely N-dealkylation sites (tertiary alicyclic amines) is 1. The molecular formula is C29H24BrNO6S. The van der Waals surface area contributed by atoms with Crippen LogP contribution in [0.3, 0.4) is 0 Å². The van der Waals surface area contributed by atoms with Crippen LogP contribution in [-0.2, 0) is 25.7 Å². The summed E-state index contributed by atoms with van der Waals surface area (Å²) in [6.45, 7) is 1.84. The number of imide groups is 1. The van der Waals surface area contributed by atoms with Crippen molar-refractivity contribution in [2.24, 2.45) is 17.8 Å². The van der Waals surface area contributed by atoms with Gasteiger partial charge in [-0.2, -0.15) is 0 Å².